The minimum absolute atomic E-state index is 0.0317. The molecule has 2 saturated heterocycles. The Morgan fingerprint density at radius 2 is 1.61 bits per heavy atom. The average molecular weight is 765 g/mol. The summed E-state index contributed by atoms with van der Waals surface area (Å²) in [5, 5.41) is 32.3. The van der Waals surface area contributed by atoms with Crippen molar-refractivity contribution in [3.8, 4) is 0 Å². The summed E-state index contributed by atoms with van der Waals surface area (Å²) in [7, 11) is 0. The summed E-state index contributed by atoms with van der Waals surface area (Å²) in [6, 6.07) is 10.3. The first-order valence-corrected chi connectivity index (χ1v) is 17.9. The number of non-ortho nitro benzene ring substituents is 2. The second kappa shape index (κ2) is 15.7. The zero-order chi connectivity index (χ0) is 38.8. The maximum atomic E-state index is 13.8. The predicted molar refractivity (Wildman–Crippen MR) is 188 cm³/mol. The molecule has 18 nitrogen and oxygen atoms in total. The van der Waals surface area contributed by atoms with Crippen LogP contribution in [0.3, 0.4) is 0 Å². The summed E-state index contributed by atoms with van der Waals surface area (Å²) < 4.78 is 14.7. The lowest BCUT2D eigenvalue weighted by Crippen LogP contribution is -2.63. The largest absolute Gasteiger partial charge is 0.456 e. The van der Waals surface area contributed by atoms with Gasteiger partial charge in [0, 0.05) is 46.9 Å². The van der Waals surface area contributed by atoms with Crippen molar-refractivity contribution in [3.05, 3.63) is 109 Å². The number of β-lactam (4-membered cyclic amide) rings is 1. The van der Waals surface area contributed by atoms with Crippen molar-refractivity contribution < 1.29 is 48.2 Å². The van der Waals surface area contributed by atoms with E-state index in [0.717, 1.165) is 0 Å². The third-order valence-corrected chi connectivity index (χ3v) is 11.2. The second-order valence-corrected chi connectivity index (χ2v) is 14.8. The summed E-state index contributed by atoms with van der Waals surface area (Å²) in [6.45, 7) is 3.56. The number of esters is 1. The molecule has 3 aliphatic rings. The van der Waals surface area contributed by atoms with Gasteiger partial charge in [0.2, 0.25) is 12.2 Å². The predicted octanol–water partition coefficient (Wildman–Crippen LogP) is 2.40. The second-order valence-electron chi connectivity index (χ2n) is 13.5. The van der Waals surface area contributed by atoms with Gasteiger partial charge in [-0.2, -0.15) is 0 Å². The zero-order valence-electron chi connectivity index (χ0n) is 29.3. The number of likely N-dealkylation sites (tertiary alicyclic amines) is 1. The number of nitro groups is 2. The van der Waals surface area contributed by atoms with E-state index < -0.39 is 57.8 Å². The molecule has 0 bridgehead atoms. The number of ether oxygens (including phenoxy) is 2. The van der Waals surface area contributed by atoms with Crippen LogP contribution in [0, 0.1) is 32.1 Å². The molecule has 0 spiro atoms. The maximum Gasteiger partial charge on any atom is 0.410 e. The van der Waals surface area contributed by atoms with E-state index in [-0.39, 0.29) is 54.5 Å². The minimum atomic E-state index is -0.960. The normalized spacial score (nSPS) is 22.4. The Bertz CT molecular complexity index is 2000. The summed E-state index contributed by atoms with van der Waals surface area (Å²) in [5.41, 5.74) is 6.26. The number of thioether (sulfide) groups is 1. The van der Waals surface area contributed by atoms with Crippen LogP contribution in [0.25, 0.3) is 0 Å². The van der Waals surface area contributed by atoms with Crippen LogP contribution in [0.4, 0.5) is 16.2 Å². The van der Waals surface area contributed by atoms with Gasteiger partial charge in [-0.15, -0.1) is 11.8 Å². The molecule has 0 aliphatic carbocycles. The van der Waals surface area contributed by atoms with Crippen LogP contribution in [0.1, 0.15) is 31.4 Å². The van der Waals surface area contributed by atoms with E-state index in [1.54, 1.807) is 28.2 Å². The Labute approximate surface area is 312 Å². The number of nitrogens with zero attached hydrogens (tertiary/aromatic N) is 6. The van der Waals surface area contributed by atoms with Gasteiger partial charge >= 0.3 is 12.1 Å². The zero-order valence-corrected chi connectivity index (χ0v) is 30.1. The molecule has 2 fully saturated rings. The molecule has 3 aliphatic heterocycles. The Hall–Kier alpha value is -5.82. The molecule has 2 aromatic carbocycles. The van der Waals surface area contributed by atoms with E-state index in [1.807, 2.05) is 11.5 Å². The Morgan fingerprint density at radius 1 is 1.02 bits per heavy atom. The van der Waals surface area contributed by atoms with Crippen molar-refractivity contribution in [1.82, 2.24) is 14.4 Å². The number of aliphatic hydroxyl groups is 1. The molecule has 54 heavy (non-hydrogen) atoms. The number of hydrogen-bond acceptors (Lipinski definition) is 12. The van der Waals surface area contributed by atoms with Gasteiger partial charge in [-0.25, -0.2) is 18.7 Å². The lowest BCUT2D eigenvalue weighted by Gasteiger charge is -2.46. The highest BCUT2D eigenvalue weighted by atomic mass is 32.2. The van der Waals surface area contributed by atoms with Crippen LogP contribution in [-0.2, 0) is 50.2 Å². The van der Waals surface area contributed by atoms with Gasteiger partial charge in [-0.3, -0.25) is 29.8 Å². The summed E-state index contributed by atoms with van der Waals surface area (Å²) in [6.07, 6.45) is 3.99. The summed E-state index contributed by atoms with van der Waals surface area (Å²) >= 11 is 1.36. The highest BCUT2D eigenvalue weighted by molar-refractivity contribution is 8.03. The fourth-order valence-electron chi connectivity index (χ4n) is 7.14. The van der Waals surface area contributed by atoms with Crippen molar-refractivity contribution in [2.45, 2.75) is 70.0 Å². The first-order valence-electron chi connectivity index (χ1n) is 17.0. The number of primary amides is 1. The van der Waals surface area contributed by atoms with E-state index in [0.29, 0.717) is 29.0 Å². The van der Waals surface area contributed by atoms with Gasteiger partial charge in [0.05, 0.1) is 34.0 Å². The topological polar surface area (TPSA) is 235 Å². The van der Waals surface area contributed by atoms with E-state index in [4.69, 9.17) is 15.2 Å². The number of rotatable bonds is 14. The van der Waals surface area contributed by atoms with Gasteiger partial charge in [-0.05, 0) is 48.7 Å². The van der Waals surface area contributed by atoms with Crippen LogP contribution >= 0.6 is 11.8 Å². The molecule has 6 rings (SSSR count). The third-order valence-electron chi connectivity index (χ3n) is 9.74. The molecule has 1 aromatic heterocycles. The highest BCUT2D eigenvalue weighted by Crippen LogP contribution is 2.52. The molecule has 0 radical (unpaired) electrons. The first-order chi connectivity index (χ1) is 25.7. The lowest BCUT2D eigenvalue weighted by atomic mass is 9.79. The standard InChI is InChI=1S/C35H37N7O11S/c1-20-30-29(21(2)43)33(45)40(30)31(34(46)52-17-22-3-7-24(8-4-22)41(48)49)32(20)54-27-13-26(14-37-11-12-38(19-37)16-28(36)44)39(15-27)35(47)53-18-23-5-9-25(10-6-23)42(50)51/h3-12,19-21,26-27,29-30,43H,13-18H2,1-2H3,(H-,36,44)/p+1/t20-,21-,26+,27+,29-,30-/m1/s1. The van der Waals surface area contributed by atoms with Crippen molar-refractivity contribution in [2.75, 3.05) is 6.54 Å². The molecule has 3 N–H and O–H groups in total. The molecule has 3 amide bonds. The smallest absolute Gasteiger partial charge is 0.410 e. The molecule has 6 atom stereocenters. The van der Waals surface area contributed by atoms with Crippen molar-refractivity contribution in [3.63, 3.8) is 0 Å². The van der Waals surface area contributed by atoms with Crippen LogP contribution in [-0.4, -0.2) is 83.2 Å². The molecule has 284 valence electrons. The van der Waals surface area contributed by atoms with E-state index >= 15 is 0 Å². The number of nitrogens with two attached hydrogens (primary N) is 1. The van der Waals surface area contributed by atoms with Crippen LogP contribution in [0.15, 0.2) is 77.9 Å². The van der Waals surface area contributed by atoms with Crippen LogP contribution < -0.4 is 10.3 Å². The van der Waals surface area contributed by atoms with Crippen molar-refractivity contribution in [2.24, 2.45) is 17.6 Å². The monoisotopic (exact) mass is 764 g/mol. The number of carbonyl (C=O) groups is 4. The number of imidazole rings is 1. The molecular weight excluding hydrogens is 726 g/mol. The number of hydrogen-bond donors (Lipinski definition) is 2. The average Bonchev–Trinajstić information content (AvgIpc) is 3.81. The molecule has 0 saturated carbocycles. The van der Waals surface area contributed by atoms with E-state index in [1.165, 1.54) is 72.1 Å². The first kappa shape index (κ1) is 37.9. The fraction of sp³-hybridized carbons (Fsp3) is 0.400. The van der Waals surface area contributed by atoms with Gasteiger partial charge in [0.25, 0.3) is 17.3 Å². The molecule has 3 aromatic rings. The number of carbonyl (C=O) groups excluding carboxylic acids is 4. The summed E-state index contributed by atoms with van der Waals surface area (Å²) in [5.74, 6) is -2.76. The Kier molecular flexibility index (Phi) is 11.0. The minimum Gasteiger partial charge on any atom is -0.456 e. The summed E-state index contributed by atoms with van der Waals surface area (Å²) in [4.78, 5) is 76.8. The quantitative estimate of drug-likeness (QED) is 0.0792. The highest BCUT2D eigenvalue weighted by Gasteiger charge is 2.60. The fourth-order valence-corrected chi connectivity index (χ4v) is 8.70. The third kappa shape index (κ3) is 7.91. The van der Waals surface area contributed by atoms with Crippen molar-refractivity contribution >= 4 is 47.0 Å². The van der Waals surface area contributed by atoms with Crippen LogP contribution in [0.5, 0.6) is 0 Å². The molecule has 4 heterocycles. The number of benzene rings is 2. The van der Waals surface area contributed by atoms with E-state index in [9.17, 15) is 44.5 Å². The van der Waals surface area contributed by atoms with Gasteiger partial charge in [0.1, 0.15) is 37.8 Å². The molecule has 0 unspecified atom stereocenters. The molecule has 19 heteroatoms. The van der Waals surface area contributed by atoms with Crippen molar-refractivity contribution in [1.29, 1.82) is 0 Å². The van der Waals surface area contributed by atoms with Gasteiger partial charge < -0.3 is 30.1 Å². The van der Waals surface area contributed by atoms with Crippen LogP contribution in [0.2, 0.25) is 0 Å². The Morgan fingerprint density at radius 3 is 2.17 bits per heavy atom. The lowest BCUT2D eigenvalue weighted by molar-refractivity contribution is -0.683. The number of aliphatic hydroxyl groups excluding tert-OH is 1. The number of fused-ring (bicyclic) bond motifs is 1. The Balaban J connectivity index is 1.23. The van der Waals surface area contributed by atoms with E-state index in [2.05, 4.69) is 0 Å². The maximum absolute atomic E-state index is 13.8. The number of amides is 3. The number of aromatic nitrogens is 2. The van der Waals surface area contributed by atoms with Gasteiger partial charge in [-0.1, -0.05) is 6.92 Å². The SMILES string of the molecule is C[C@@H](O)[C@H]1C(=O)N2C(C(=O)OCc3ccc([N+](=O)[O-])cc3)=C(S[C@H]3C[C@@H](Cn4cc[n+](CC(N)=O)c4)N(C(=O)OCc4ccc([N+](=O)[O-])cc4)C3)[C@H](C)[C@H]12. The number of nitro benzene ring substituents is 2. The molecular formula is C35H38N7O11S+. The van der Waals surface area contributed by atoms with Gasteiger partial charge in [0.15, 0.2) is 6.54 Å².